The molecule has 66 valence electrons. The van der Waals surface area contributed by atoms with Crippen LogP contribution in [0.3, 0.4) is 0 Å². The Morgan fingerprint density at radius 1 is 1.54 bits per heavy atom. The smallest absolute Gasteiger partial charge is 0.262 e. The summed E-state index contributed by atoms with van der Waals surface area (Å²) in [6, 6.07) is 1.72. The number of nitrogens with one attached hydrogen (secondary N) is 1. The molecule has 13 heavy (non-hydrogen) atoms. The minimum Gasteiger partial charge on any atom is -0.383 e. The molecule has 0 saturated carbocycles. The minimum absolute atomic E-state index is 0.226. The van der Waals surface area contributed by atoms with Gasteiger partial charge in [0.05, 0.1) is 11.8 Å². The maximum absolute atomic E-state index is 11.3. The number of rotatable bonds is 0. The van der Waals surface area contributed by atoms with Crippen LogP contribution in [-0.4, -0.2) is 15.0 Å². The van der Waals surface area contributed by atoms with Crippen molar-refractivity contribution in [3.05, 3.63) is 28.4 Å². The van der Waals surface area contributed by atoms with Crippen LogP contribution in [0.4, 0.5) is 5.82 Å². The average Bonchev–Trinajstić information content (AvgIpc) is 2.02. The van der Waals surface area contributed by atoms with E-state index in [2.05, 4.69) is 15.0 Å². The van der Waals surface area contributed by atoms with Crippen molar-refractivity contribution in [3.63, 3.8) is 0 Å². The normalized spacial score (nSPS) is 10.5. The number of anilines is 1. The lowest BCUT2D eigenvalue weighted by molar-refractivity contribution is 1.14. The number of pyridine rings is 1. The van der Waals surface area contributed by atoms with Gasteiger partial charge >= 0.3 is 0 Å². The molecule has 2 aromatic rings. The molecule has 0 radical (unpaired) electrons. The van der Waals surface area contributed by atoms with Gasteiger partial charge in [0.2, 0.25) is 0 Å². The summed E-state index contributed by atoms with van der Waals surface area (Å²) in [5.74, 6) is 0.226. The second-order valence-electron chi connectivity index (χ2n) is 2.77. The number of aromatic nitrogens is 3. The Kier molecular flexibility index (Phi) is 1.51. The number of aromatic amines is 1. The Bertz CT molecular complexity index is 517. The van der Waals surface area contributed by atoms with E-state index in [1.165, 1.54) is 6.33 Å². The summed E-state index contributed by atoms with van der Waals surface area (Å²) in [4.78, 5) is 21.7. The van der Waals surface area contributed by atoms with Gasteiger partial charge in [0.15, 0.2) is 0 Å². The lowest BCUT2D eigenvalue weighted by Crippen LogP contribution is -2.10. The molecule has 0 aliphatic rings. The van der Waals surface area contributed by atoms with E-state index >= 15 is 0 Å². The van der Waals surface area contributed by atoms with Gasteiger partial charge in [0.25, 0.3) is 5.56 Å². The summed E-state index contributed by atoms with van der Waals surface area (Å²) in [6.45, 7) is 1.80. The summed E-state index contributed by atoms with van der Waals surface area (Å²) in [6.07, 6.45) is 1.35. The first-order valence-electron chi connectivity index (χ1n) is 3.79. The van der Waals surface area contributed by atoms with Gasteiger partial charge < -0.3 is 10.7 Å². The van der Waals surface area contributed by atoms with Crippen molar-refractivity contribution in [3.8, 4) is 0 Å². The molecule has 5 nitrogen and oxygen atoms in total. The van der Waals surface area contributed by atoms with E-state index in [0.717, 1.165) is 5.69 Å². The Balaban J connectivity index is 3.03. The molecule has 2 aromatic heterocycles. The van der Waals surface area contributed by atoms with Gasteiger partial charge in [-0.2, -0.15) is 0 Å². The summed E-state index contributed by atoms with van der Waals surface area (Å²) < 4.78 is 0. The van der Waals surface area contributed by atoms with E-state index in [4.69, 9.17) is 5.73 Å². The highest BCUT2D eigenvalue weighted by atomic mass is 16.1. The molecule has 2 rings (SSSR count). The third kappa shape index (κ3) is 1.14. The topological polar surface area (TPSA) is 84.7 Å². The van der Waals surface area contributed by atoms with Crippen LogP contribution in [-0.2, 0) is 0 Å². The fraction of sp³-hybridized carbons (Fsp3) is 0.125. The maximum Gasteiger partial charge on any atom is 0.262 e. The Hall–Kier alpha value is -1.91. The minimum atomic E-state index is -0.255. The number of hydrogen-bond acceptors (Lipinski definition) is 4. The summed E-state index contributed by atoms with van der Waals surface area (Å²) in [7, 11) is 0. The van der Waals surface area contributed by atoms with Crippen molar-refractivity contribution < 1.29 is 0 Å². The van der Waals surface area contributed by atoms with Crippen LogP contribution in [0.1, 0.15) is 5.69 Å². The van der Waals surface area contributed by atoms with Gasteiger partial charge in [0, 0.05) is 5.69 Å². The molecule has 0 aliphatic heterocycles. The lowest BCUT2D eigenvalue weighted by Gasteiger charge is -1.99. The first kappa shape index (κ1) is 7.72. The molecule has 0 unspecified atom stereocenters. The molecule has 0 fully saturated rings. The third-order valence-corrected chi connectivity index (χ3v) is 1.78. The standard InChI is InChI=1S/C8H8N4O/c1-4-2-5-6(7(9)12-4)8(13)11-3-10-5/h2-3H,1H3,(H2,9,12)(H,10,11,13). The van der Waals surface area contributed by atoms with Gasteiger partial charge in [-0.1, -0.05) is 0 Å². The fourth-order valence-corrected chi connectivity index (χ4v) is 1.25. The Labute approximate surface area is 73.6 Å². The zero-order valence-corrected chi connectivity index (χ0v) is 7.03. The van der Waals surface area contributed by atoms with Crippen molar-refractivity contribution in [2.75, 3.05) is 5.73 Å². The van der Waals surface area contributed by atoms with Gasteiger partial charge in [-0.3, -0.25) is 4.79 Å². The second-order valence-corrected chi connectivity index (χ2v) is 2.77. The largest absolute Gasteiger partial charge is 0.383 e. The molecular weight excluding hydrogens is 168 g/mol. The summed E-state index contributed by atoms with van der Waals surface area (Å²) in [5, 5.41) is 0.355. The monoisotopic (exact) mass is 176 g/mol. The van der Waals surface area contributed by atoms with E-state index in [0.29, 0.717) is 10.9 Å². The maximum atomic E-state index is 11.3. The van der Waals surface area contributed by atoms with Gasteiger partial charge in [-0.05, 0) is 13.0 Å². The number of nitrogen functional groups attached to an aromatic ring is 1. The van der Waals surface area contributed by atoms with Crippen LogP contribution < -0.4 is 11.3 Å². The summed E-state index contributed by atoms with van der Waals surface area (Å²) in [5.41, 5.74) is 6.66. The van der Waals surface area contributed by atoms with Crippen LogP contribution in [0.25, 0.3) is 10.9 Å². The van der Waals surface area contributed by atoms with Gasteiger partial charge in [0.1, 0.15) is 11.2 Å². The molecule has 0 aromatic carbocycles. The third-order valence-electron chi connectivity index (χ3n) is 1.78. The highest BCUT2D eigenvalue weighted by Crippen LogP contribution is 2.12. The lowest BCUT2D eigenvalue weighted by atomic mass is 10.2. The molecule has 0 saturated heterocycles. The molecule has 3 N–H and O–H groups in total. The number of hydrogen-bond donors (Lipinski definition) is 2. The molecule has 0 amide bonds. The SMILES string of the molecule is Cc1cc2nc[nH]c(=O)c2c(N)n1. The average molecular weight is 176 g/mol. The molecule has 5 heteroatoms. The number of nitrogens with zero attached hydrogens (tertiary/aromatic N) is 2. The van der Waals surface area contributed by atoms with Crippen molar-refractivity contribution in [1.82, 2.24) is 15.0 Å². The molecular formula is C8H8N4O. The van der Waals surface area contributed by atoms with Crippen molar-refractivity contribution in [1.29, 1.82) is 0 Å². The quantitative estimate of drug-likeness (QED) is 0.600. The number of nitrogens with two attached hydrogens (primary N) is 1. The van der Waals surface area contributed by atoms with E-state index < -0.39 is 0 Å². The first-order chi connectivity index (χ1) is 6.18. The number of aryl methyl sites for hydroxylation is 1. The van der Waals surface area contributed by atoms with Crippen molar-refractivity contribution in [2.24, 2.45) is 0 Å². The van der Waals surface area contributed by atoms with E-state index in [1.807, 2.05) is 0 Å². The highest BCUT2D eigenvalue weighted by molar-refractivity contribution is 5.87. The number of fused-ring (bicyclic) bond motifs is 1. The Morgan fingerprint density at radius 3 is 3.08 bits per heavy atom. The van der Waals surface area contributed by atoms with Gasteiger partial charge in [-0.15, -0.1) is 0 Å². The van der Waals surface area contributed by atoms with Crippen molar-refractivity contribution in [2.45, 2.75) is 6.92 Å². The second kappa shape index (κ2) is 2.55. The van der Waals surface area contributed by atoms with Crippen LogP contribution in [0.2, 0.25) is 0 Å². The Morgan fingerprint density at radius 2 is 2.31 bits per heavy atom. The van der Waals surface area contributed by atoms with Gasteiger partial charge in [-0.25, -0.2) is 9.97 Å². The molecule has 0 bridgehead atoms. The van der Waals surface area contributed by atoms with Crippen LogP contribution >= 0.6 is 0 Å². The fourth-order valence-electron chi connectivity index (χ4n) is 1.25. The molecule has 0 aliphatic carbocycles. The van der Waals surface area contributed by atoms with Crippen LogP contribution in [0.5, 0.6) is 0 Å². The summed E-state index contributed by atoms with van der Waals surface area (Å²) >= 11 is 0. The number of H-pyrrole nitrogens is 1. The zero-order chi connectivity index (χ0) is 9.42. The van der Waals surface area contributed by atoms with Crippen molar-refractivity contribution >= 4 is 16.7 Å². The highest BCUT2D eigenvalue weighted by Gasteiger charge is 2.04. The van der Waals surface area contributed by atoms with Crippen LogP contribution in [0.15, 0.2) is 17.2 Å². The molecule has 0 spiro atoms. The van der Waals surface area contributed by atoms with E-state index in [9.17, 15) is 4.79 Å². The van der Waals surface area contributed by atoms with E-state index in [-0.39, 0.29) is 11.4 Å². The predicted molar refractivity (Wildman–Crippen MR) is 49.3 cm³/mol. The van der Waals surface area contributed by atoms with Crippen LogP contribution in [0, 0.1) is 6.92 Å². The van der Waals surface area contributed by atoms with E-state index in [1.54, 1.807) is 13.0 Å². The zero-order valence-electron chi connectivity index (χ0n) is 7.03. The molecule has 2 heterocycles. The molecule has 0 atom stereocenters. The predicted octanol–water partition coefficient (Wildman–Crippen LogP) is 0.209. The first-order valence-corrected chi connectivity index (χ1v) is 3.79.